The van der Waals surface area contributed by atoms with E-state index in [9.17, 15) is 20.0 Å². The van der Waals surface area contributed by atoms with Crippen molar-refractivity contribution in [2.75, 3.05) is 13.2 Å². The first-order valence-corrected chi connectivity index (χ1v) is 8.95. The molecule has 0 aliphatic heterocycles. The number of hydroxylamine groups is 4. The smallest absolute Gasteiger partial charge is 0.338 e. The lowest BCUT2D eigenvalue weighted by Gasteiger charge is -2.12. The normalized spacial score (nSPS) is 10.6. The van der Waals surface area contributed by atoms with Crippen LogP contribution in [0.25, 0.3) is 0 Å². The Bertz CT molecular complexity index is 783. The Labute approximate surface area is 173 Å². The molecule has 2 aromatic carbocycles. The minimum absolute atomic E-state index is 0.00274. The van der Waals surface area contributed by atoms with Crippen molar-refractivity contribution in [2.24, 2.45) is 11.5 Å². The van der Waals surface area contributed by atoms with Crippen molar-refractivity contribution in [2.45, 2.75) is 13.1 Å². The lowest BCUT2D eigenvalue weighted by atomic mass is 10.2. The van der Waals surface area contributed by atoms with E-state index in [0.29, 0.717) is 46.0 Å². The Kier molecular flexibility index (Phi) is 8.48. The molecule has 30 heavy (non-hydrogen) atoms. The van der Waals surface area contributed by atoms with Crippen LogP contribution in [0.3, 0.4) is 0 Å². The molecule has 0 saturated heterocycles. The zero-order chi connectivity index (χ0) is 21.9. The van der Waals surface area contributed by atoms with Crippen molar-refractivity contribution >= 4 is 12.1 Å². The van der Waals surface area contributed by atoms with Gasteiger partial charge in [-0.25, -0.2) is 19.7 Å². The number of carbonyl (C=O) groups excluding carboxylic acids is 2. The van der Waals surface area contributed by atoms with Gasteiger partial charge < -0.3 is 20.9 Å². The molecular formula is C20H24N4O6. The van der Waals surface area contributed by atoms with Crippen molar-refractivity contribution < 1.29 is 29.5 Å². The van der Waals surface area contributed by atoms with Gasteiger partial charge in [-0.1, -0.05) is 24.3 Å². The third kappa shape index (κ3) is 7.70. The van der Waals surface area contributed by atoms with Crippen LogP contribution in [0.15, 0.2) is 60.7 Å². The molecular weight excluding hydrogens is 392 g/mol. The van der Waals surface area contributed by atoms with Crippen molar-refractivity contribution in [1.82, 2.24) is 10.1 Å². The number of benzene rings is 2. The van der Waals surface area contributed by atoms with Crippen LogP contribution in [0.1, 0.15) is 11.1 Å². The molecule has 0 aliphatic rings. The number of primary amides is 2. The third-order valence-corrected chi connectivity index (χ3v) is 3.88. The van der Waals surface area contributed by atoms with Gasteiger partial charge in [0.15, 0.2) is 0 Å². The summed E-state index contributed by atoms with van der Waals surface area (Å²) in [5, 5.41) is 19.5. The summed E-state index contributed by atoms with van der Waals surface area (Å²) in [5.41, 5.74) is 11.3. The molecule has 2 aromatic rings. The molecule has 0 bridgehead atoms. The van der Waals surface area contributed by atoms with E-state index in [4.69, 9.17) is 20.9 Å². The number of hydrogen-bond donors (Lipinski definition) is 4. The first-order chi connectivity index (χ1) is 14.3. The summed E-state index contributed by atoms with van der Waals surface area (Å²) in [6.45, 7) is 0.678. The van der Waals surface area contributed by atoms with Crippen LogP contribution >= 0.6 is 0 Å². The Morgan fingerprint density at radius 2 is 1.07 bits per heavy atom. The second kappa shape index (κ2) is 11.3. The number of urea groups is 2. The number of carbonyl (C=O) groups is 2. The van der Waals surface area contributed by atoms with Crippen molar-refractivity contribution in [3.05, 3.63) is 71.8 Å². The summed E-state index contributed by atoms with van der Waals surface area (Å²) in [5.74, 6) is 1.27. The maximum Gasteiger partial charge on any atom is 0.338 e. The number of amides is 4. The molecule has 0 aliphatic carbocycles. The minimum atomic E-state index is -0.918. The van der Waals surface area contributed by atoms with Crippen LogP contribution in [-0.4, -0.2) is 45.8 Å². The molecule has 0 atom stereocenters. The fourth-order valence-corrected chi connectivity index (χ4v) is 2.31. The molecule has 160 valence electrons. The van der Waals surface area contributed by atoms with Gasteiger partial charge in [0.05, 0.1) is 13.1 Å². The molecule has 2 rings (SSSR count). The van der Waals surface area contributed by atoms with Gasteiger partial charge in [-0.15, -0.1) is 0 Å². The van der Waals surface area contributed by atoms with Gasteiger partial charge in [-0.2, -0.15) is 0 Å². The third-order valence-electron chi connectivity index (χ3n) is 3.88. The number of nitrogens with zero attached hydrogens (tertiary/aromatic N) is 2. The van der Waals surface area contributed by atoms with E-state index < -0.39 is 12.1 Å². The van der Waals surface area contributed by atoms with E-state index in [1.807, 2.05) is 0 Å². The lowest BCUT2D eigenvalue weighted by Crippen LogP contribution is -2.31. The van der Waals surface area contributed by atoms with E-state index in [1.165, 1.54) is 0 Å². The molecule has 0 radical (unpaired) electrons. The summed E-state index contributed by atoms with van der Waals surface area (Å²) in [6.07, 6.45) is 3.61. The zero-order valence-electron chi connectivity index (χ0n) is 16.2. The Morgan fingerprint density at radius 1 is 0.733 bits per heavy atom. The maximum absolute atomic E-state index is 10.8. The topological polar surface area (TPSA) is 152 Å². The number of rotatable bonds is 10. The molecule has 6 N–H and O–H groups in total. The molecule has 0 aromatic heterocycles. The summed E-state index contributed by atoms with van der Waals surface area (Å²) >= 11 is 0. The van der Waals surface area contributed by atoms with E-state index in [0.717, 1.165) is 0 Å². The van der Waals surface area contributed by atoms with Gasteiger partial charge in [-0.3, -0.25) is 10.4 Å². The average Bonchev–Trinajstić information content (AvgIpc) is 2.72. The van der Waals surface area contributed by atoms with E-state index in [1.54, 1.807) is 60.7 Å². The van der Waals surface area contributed by atoms with Crippen LogP contribution in [-0.2, 0) is 13.1 Å². The largest absolute Gasteiger partial charge is 0.490 e. The van der Waals surface area contributed by atoms with Crippen LogP contribution in [0.2, 0.25) is 0 Å². The highest BCUT2D eigenvalue weighted by Gasteiger charge is 2.07. The highest BCUT2D eigenvalue weighted by Crippen LogP contribution is 2.14. The minimum Gasteiger partial charge on any atom is -0.490 e. The SMILES string of the molecule is NC(=O)N(O)Cc1ccc(OC/C=C/COc2ccc(CN(O)C(N)=O)cc2)cc1. The molecule has 0 heterocycles. The second-order valence-electron chi connectivity index (χ2n) is 6.17. The van der Waals surface area contributed by atoms with Gasteiger partial charge in [0, 0.05) is 0 Å². The van der Waals surface area contributed by atoms with Gasteiger partial charge in [0.2, 0.25) is 0 Å². The number of nitrogens with two attached hydrogens (primary N) is 2. The van der Waals surface area contributed by atoms with Crippen LogP contribution in [0, 0.1) is 0 Å². The second-order valence-corrected chi connectivity index (χ2v) is 6.17. The van der Waals surface area contributed by atoms with Gasteiger partial charge in [-0.05, 0) is 47.5 Å². The predicted octanol–water partition coefficient (Wildman–Crippen LogP) is 2.24. The van der Waals surface area contributed by atoms with Crippen molar-refractivity contribution in [3.63, 3.8) is 0 Å². The molecule has 10 nitrogen and oxygen atoms in total. The lowest BCUT2D eigenvalue weighted by molar-refractivity contribution is -0.0470. The zero-order valence-corrected chi connectivity index (χ0v) is 16.2. The predicted molar refractivity (Wildman–Crippen MR) is 107 cm³/mol. The summed E-state index contributed by atoms with van der Waals surface area (Å²) in [6, 6.07) is 11.9. The fourth-order valence-electron chi connectivity index (χ4n) is 2.31. The number of ether oxygens (including phenoxy) is 2. The van der Waals surface area contributed by atoms with Crippen molar-refractivity contribution in [1.29, 1.82) is 0 Å². The highest BCUT2D eigenvalue weighted by molar-refractivity contribution is 5.70. The standard InChI is InChI=1S/C20H24N4O6/c21-19(25)23(27)13-15-3-7-17(8-4-15)29-11-1-2-12-30-18-9-5-16(6-10-18)14-24(28)20(22)26/h1-10,27-28H,11-14H2,(H2,21,25)(H2,22,26)/b2-1+. The molecule has 0 saturated carbocycles. The average molecular weight is 416 g/mol. The van der Waals surface area contributed by atoms with Crippen LogP contribution in [0.4, 0.5) is 9.59 Å². The first kappa shape index (κ1) is 22.5. The quantitative estimate of drug-likeness (QED) is 0.265. The Balaban J connectivity index is 1.68. The van der Waals surface area contributed by atoms with E-state index >= 15 is 0 Å². The maximum atomic E-state index is 10.8. The molecule has 10 heteroatoms. The number of hydrogen-bond acceptors (Lipinski definition) is 6. The Morgan fingerprint density at radius 3 is 1.37 bits per heavy atom. The molecule has 0 fully saturated rings. The van der Waals surface area contributed by atoms with E-state index in [2.05, 4.69) is 0 Å². The summed E-state index contributed by atoms with van der Waals surface area (Å²) < 4.78 is 11.1. The molecule has 0 unspecified atom stereocenters. The van der Waals surface area contributed by atoms with Gasteiger partial charge >= 0.3 is 12.1 Å². The monoisotopic (exact) mass is 416 g/mol. The van der Waals surface area contributed by atoms with Crippen LogP contribution < -0.4 is 20.9 Å². The van der Waals surface area contributed by atoms with Crippen LogP contribution in [0.5, 0.6) is 11.5 Å². The molecule has 4 amide bonds. The Hall–Kier alpha value is -3.76. The van der Waals surface area contributed by atoms with Crippen molar-refractivity contribution in [3.8, 4) is 11.5 Å². The summed E-state index contributed by atoms with van der Waals surface area (Å²) in [4.78, 5) is 21.6. The summed E-state index contributed by atoms with van der Waals surface area (Å²) in [7, 11) is 0. The van der Waals surface area contributed by atoms with Gasteiger partial charge in [0.1, 0.15) is 24.7 Å². The highest BCUT2D eigenvalue weighted by atomic mass is 16.5. The first-order valence-electron chi connectivity index (χ1n) is 8.95. The molecule has 0 spiro atoms. The van der Waals surface area contributed by atoms with E-state index in [-0.39, 0.29) is 13.1 Å². The van der Waals surface area contributed by atoms with Gasteiger partial charge in [0.25, 0.3) is 0 Å². The fraction of sp³-hybridized carbons (Fsp3) is 0.200.